The van der Waals surface area contributed by atoms with Crippen LogP contribution in [0.15, 0.2) is 59.8 Å². The molecule has 0 fully saturated rings. The molecule has 0 atom stereocenters. The van der Waals surface area contributed by atoms with Gasteiger partial charge < -0.3 is 10.3 Å². The Kier molecular flexibility index (Phi) is 5.24. The number of rotatable bonds is 4. The molecule has 3 heterocycles. The summed E-state index contributed by atoms with van der Waals surface area (Å²) in [6, 6.07) is 15.1. The highest BCUT2D eigenvalue weighted by molar-refractivity contribution is 5.68. The van der Waals surface area contributed by atoms with E-state index in [1.165, 1.54) is 10.8 Å². The van der Waals surface area contributed by atoms with Gasteiger partial charge in [-0.3, -0.25) is 9.55 Å². The van der Waals surface area contributed by atoms with Crippen LogP contribution in [0.2, 0.25) is 0 Å². The van der Waals surface area contributed by atoms with Crippen molar-refractivity contribution in [3.05, 3.63) is 76.7 Å². The van der Waals surface area contributed by atoms with E-state index in [2.05, 4.69) is 21.0 Å². The summed E-state index contributed by atoms with van der Waals surface area (Å²) in [5.41, 5.74) is 8.64. The number of nitrogen functional groups attached to an aromatic ring is 1. The molecule has 0 aliphatic heterocycles. The number of pyridine rings is 1. The lowest BCUT2D eigenvalue weighted by Crippen LogP contribution is -2.21. The third-order valence-electron chi connectivity index (χ3n) is 5.40. The highest BCUT2D eigenvalue weighted by atomic mass is 16.1. The zero-order valence-corrected chi connectivity index (χ0v) is 18.3. The Labute approximate surface area is 190 Å². The second-order valence-corrected chi connectivity index (χ2v) is 8.06. The average Bonchev–Trinajstić information content (AvgIpc) is 3.13. The second kappa shape index (κ2) is 8.06. The first-order valence-electron chi connectivity index (χ1n) is 10.0. The third kappa shape index (κ3) is 3.84. The van der Waals surface area contributed by atoms with E-state index in [4.69, 9.17) is 5.73 Å². The number of nitriles is 2. The molecule has 0 saturated carbocycles. The monoisotopic (exact) mass is 436 g/mol. The third-order valence-corrected chi connectivity index (χ3v) is 5.40. The van der Waals surface area contributed by atoms with Crippen LogP contribution >= 0.6 is 0 Å². The Hall–Kier alpha value is -4.76. The number of anilines is 1. The Bertz CT molecular complexity index is 1500. The molecule has 9 nitrogen and oxygen atoms in total. The van der Waals surface area contributed by atoms with Crippen LogP contribution in [0.3, 0.4) is 0 Å². The van der Waals surface area contributed by atoms with Crippen molar-refractivity contribution in [1.29, 1.82) is 10.5 Å². The van der Waals surface area contributed by atoms with Crippen molar-refractivity contribution < 1.29 is 0 Å². The van der Waals surface area contributed by atoms with E-state index >= 15 is 0 Å². The molecule has 3 aromatic heterocycles. The fourth-order valence-corrected chi connectivity index (χ4v) is 3.43. The molecule has 4 rings (SSSR count). The standard InChI is InChI=1S/C24H20N8O/c1-24(2,14-26)16-4-6-17(7-5-16)32-21(13-31(3)23(32)33)18-10-15(8-9-28-18)20-12-29-22(27)19(11-25)30-20/h4-10,12-13H,1-3H3,(H2,27,29). The maximum absolute atomic E-state index is 13.0. The summed E-state index contributed by atoms with van der Waals surface area (Å²) in [4.78, 5) is 25.7. The van der Waals surface area contributed by atoms with Crippen molar-refractivity contribution in [2.24, 2.45) is 7.05 Å². The van der Waals surface area contributed by atoms with Gasteiger partial charge in [-0.2, -0.15) is 10.5 Å². The minimum Gasteiger partial charge on any atom is -0.381 e. The van der Waals surface area contributed by atoms with Gasteiger partial charge in [0.15, 0.2) is 11.5 Å². The molecule has 0 radical (unpaired) electrons. The van der Waals surface area contributed by atoms with E-state index in [1.807, 2.05) is 44.2 Å². The van der Waals surface area contributed by atoms with Gasteiger partial charge in [0.25, 0.3) is 0 Å². The summed E-state index contributed by atoms with van der Waals surface area (Å²) in [6.45, 7) is 3.69. The van der Waals surface area contributed by atoms with Gasteiger partial charge in [-0.05, 0) is 43.7 Å². The molecule has 9 heteroatoms. The maximum atomic E-state index is 13.0. The van der Waals surface area contributed by atoms with E-state index < -0.39 is 5.41 Å². The molecular formula is C24H20N8O. The lowest BCUT2D eigenvalue weighted by molar-refractivity contribution is 0.686. The lowest BCUT2D eigenvalue weighted by atomic mass is 9.86. The van der Waals surface area contributed by atoms with Crippen LogP contribution in [0.4, 0.5) is 5.82 Å². The number of hydrogen-bond donors (Lipinski definition) is 1. The number of hydrogen-bond acceptors (Lipinski definition) is 7. The van der Waals surface area contributed by atoms with Crippen LogP contribution in [0, 0.1) is 22.7 Å². The Morgan fingerprint density at radius 1 is 1.06 bits per heavy atom. The quantitative estimate of drug-likeness (QED) is 0.519. The average molecular weight is 436 g/mol. The molecule has 0 saturated heterocycles. The first-order valence-corrected chi connectivity index (χ1v) is 10.0. The molecular weight excluding hydrogens is 416 g/mol. The summed E-state index contributed by atoms with van der Waals surface area (Å²) in [5, 5.41) is 18.6. The maximum Gasteiger partial charge on any atom is 0.333 e. The lowest BCUT2D eigenvalue weighted by Gasteiger charge is -2.16. The van der Waals surface area contributed by atoms with Crippen molar-refractivity contribution in [3.8, 4) is 40.5 Å². The molecule has 4 aromatic rings. The Morgan fingerprint density at radius 2 is 1.79 bits per heavy atom. The van der Waals surface area contributed by atoms with Gasteiger partial charge in [0.05, 0.1) is 40.5 Å². The zero-order chi connectivity index (χ0) is 23.8. The number of nitrogens with two attached hydrogens (primary N) is 1. The fourth-order valence-electron chi connectivity index (χ4n) is 3.43. The van der Waals surface area contributed by atoms with Gasteiger partial charge in [-0.1, -0.05) is 12.1 Å². The summed E-state index contributed by atoms with van der Waals surface area (Å²) < 4.78 is 3.04. The van der Waals surface area contributed by atoms with Crippen molar-refractivity contribution >= 4 is 5.82 Å². The molecule has 1 aromatic carbocycles. The minimum absolute atomic E-state index is 0.0443. The zero-order valence-electron chi connectivity index (χ0n) is 18.3. The predicted molar refractivity (Wildman–Crippen MR) is 123 cm³/mol. The van der Waals surface area contributed by atoms with E-state index in [9.17, 15) is 15.3 Å². The summed E-state index contributed by atoms with van der Waals surface area (Å²) in [6.07, 6.45) is 4.80. The van der Waals surface area contributed by atoms with Gasteiger partial charge in [-0.15, -0.1) is 0 Å². The SMILES string of the molecule is Cn1cc(-c2cc(-c3cnc(N)c(C#N)n3)ccn2)n(-c2ccc(C(C)(C)C#N)cc2)c1=O. The smallest absolute Gasteiger partial charge is 0.333 e. The number of aryl methyl sites for hydroxylation is 1. The predicted octanol–water partition coefficient (Wildman–Crippen LogP) is 2.95. The van der Waals surface area contributed by atoms with Gasteiger partial charge >= 0.3 is 5.69 Å². The Balaban J connectivity index is 1.82. The van der Waals surface area contributed by atoms with E-state index in [-0.39, 0.29) is 17.2 Å². The van der Waals surface area contributed by atoms with Crippen LogP contribution in [-0.4, -0.2) is 24.1 Å². The van der Waals surface area contributed by atoms with Crippen molar-refractivity contribution in [1.82, 2.24) is 24.1 Å². The number of nitrogens with zero attached hydrogens (tertiary/aromatic N) is 7. The summed E-state index contributed by atoms with van der Waals surface area (Å²) in [7, 11) is 1.67. The highest BCUT2D eigenvalue weighted by Crippen LogP contribution is 2.27. The van der Waals surface area contributed by atoms with Crippen LogP contribution in [0.5, 0.6) is 0 Å². The topological polar surface area (TPSA) is 139 Å². The van der Waals surface area contributed by atoms with E-state index in [0.29, 0.717) is 28.3 Å². The molecule has 0 spiro atoms. The molecule has 0 amide bonds. The molecule has 0 unspecified atom stereocenters. The molecule has 0 bridgehead atoms. The second-order valence-electron chi connectivity index (χ2n) is 8.06. The van der Waals surface area contributed by atoms with Crippen molar-refractivity contribution in [3.63, 3.8) is 0 Å². The van der Waals surface area contributed by atoms with Crippen LogP contribution < -0.4 is 11.4 Å². The van der Waals surface area contributed by atoms with Crippen LogP contribution in [0.25, 0.3) is 28.3 Å². The molecule has 0 aliphatic rings. The summed E-state index contributed by atoms with van der Waals surface area (Å²) in [5.74, 6) is 0.0652. The van der Waals surface area contributed by atoms with Gasteiger partial charge in [-0.25, -0.2) is 14.8 Å². The largest absolute Gasteiger partial charge is 0.381 e. The van der Waals surface area contributed by atoms with Crippen LogP contribution in [-0.2, 0) is 12.5 Å². The molecule has 162 valence electrons. The Morgan fingerprint density at radius 3 is 2.45 bits per heavy atom. The van der Waals surface area contributed by atoms with Gasteiger partial charge in [0, 0.05) is 25.0 Å². The number of imidazole rings is 1. The molecule has 33 heavy (non-hydrogen) atoms. The van der Waals surface area contributed by atoms with E-state index in [0.717, 1.165) is 5.56 Å². The van der Waals surface area contributed by atoms with E-state index in [1.54, 1.807) is 36.1 Å². The number of benzene rings is 1. The summed E-state index contributed by atoms with van der Waals surface area (Å²) >= 11 is 0. The first-order chi connectivity index (χ1) is 15.7. The first kappa shape index (κ1) is 21.5. The number of aromatic nitrogens is 5. The van der Waals surface area contributed by atoms with Gasteiger partial charge in [0.1, 0.15) is 6.07 Å². The molecule has 2 N–H and O–H groups in total. The highest BCUT2D eigenvalue weighted by Gasteiger charge is 2.21. The molecule has 0 aliphatic carbocycles. The minimum atomic E-state index is -0.638. The van der Waals surface area contributed by atoms with Crippen molar-refractivity contribution in [2.45, 2.75) is 19.3 Å². The normalized spacial score (nSPS) is 11.1. The van der Waals surface area contributed by atoms with Gasteiger partial charge in [0.2, 0.25) is 0 Å². The fraction of sp³-hybridized carbons (Fsp3) is 0.167. The van der Waals surface area contributed by atoms with Crippen LogP contribution in [0.1, 0.15) is 25.1 Å². The van der Waals surface area contributed by atoms with Crippen molar-refractivity contribution in [2.75, 3.05) is 5.73 Å².